The lowest BCUT2D eigenvalue weighted by molar-refractivity contribution is 0.802. The molecule has 0 bridgehead atoms. The van der Waals surface area contributed by atoms with Crippen molar-refractivity contribution in [2.24, 2.45) is 0 Å². The Morgan fingerprint density at radius 3 is 1.12 bits per heavy atom. The summed E-state index contributed by atoms with van der Waals surface area (Å²) in [6.45, 7) is 0. The molecular weight excluding hydrogens is 1260 g/mol. The second kappa shape index (κ2) is 21.5. The molecule has 0 amide bonds. The third-order valence-corrected chi connectivity index (χ3v) is 23.4. The third-order valence-electron chi connectivity index (χ3n) is 23.4. The molecule has 23 rings (SSSR count). The maximum Gasteiger partial charge on any atom is 0.160 e. The van der Waals surface area contributed by atoms with Crippen LogP contribution in [-0.2, 0) is 10.8 Å². The molecule has 4 aliphatic rings. The number of para-hydroxylation sites is 2. The normalized spacial score (nSPS) is 13.5. The van der Waals surface area contributed by atoms with E-state index >= 15 is 0 Å². The molecule has 4 heteroatoms. The monoisotopic (exact) mass is 1310 g/mol. The van der Waals surface area contributed by atoms with Crippen LogP contribution in [0.3, 0.4) is 0 Å². The second-order valence-electron chi connectivity index (χ2n) is 28.6. The molecular formula is C100H58N4. The van der Waals surface area contributed by atoms with E-state index < -0.39 is 10.8 Å². The van der Waals surface area contributed by atoms with Gasteiger partial charge in [0.1, 0.15) is 0 Å². The fraction of sp³-hybridized carbons (Fsp3) is 0.0200. The highest BCUT2D eigenvalue weighted by molar-refractivity contribution is 6.10. The second-order valence-corrected chi connectivity index (χ2v) is 28.6. The van der Waals surface area contributed by atoms with Gasteiger partial charge < -0.3 is 0 Å². The van der Waals surface area contributed by atoms with Crippen molar-refractivity contribution in [1.82, 2.24) is 19.9 Å². The van der Waals surface area contributed by atoms with Crippen molar-refractivity contribution in [2.45, 2.75) is 10.8 Å². The van der Waals surface area contributed by atoms with Crippen LogP contribution in [0.1, 0.15) is 44.5 Å². The van der Waals surface area contributed by atoms with E-state index in [4.69, 9.17) is 19.9 Å². The quantitative estimate of drug-likeness (QED) is 0.166. The van der Waals surface area contributed by atoms with Crippen LogP contribution in [0.15, 0.2) is 352 Å². The van der Waals surface area contributed by atoms with Gasteiger partial charge in [0, 0.05) is 33.0 Å². The van der Waals surface area contributed by atoms with Crippen LogP contribution < -0.4 is 0 Å². The maximum atomic E-state index is 5.60. The Bertz CT molecular complexity index is 6890. The van der Waals surface area contributed by atoms with Gasteiger partial charge >= 0.3 is 0 Å². The molecule has 0 saturated heterocycles. The number of hydrogen-bond donors (Lipinski definition) is 0. The first kappa shape index (κ1) is 57.2. The van der Waals surface area contributed by atoms with Crippen molar-refractivity contribution < 1.29 is 0 Å². The lowest BCUT2D eigenvalue weighted by atomic mass is 9.69. The van der Waals surface area contributed by atoms with Crippen LogP contribution in [-0.4, -0.2) is 19.9 Å². The summed E-state index contributed by atoms with van der Waals surface area (Å²) in [5, 5.41) is 11.7. The van der Waals surface area contributed by atoms with Crippen molar-refractivity contribution in [3.63, 3.8) is 0 Å². The fourth-order valence-electron chi connectivity index (χ4n) is 19.0. The maximum absolute atomic E-state index is 5.60. The van der Waals surface area contributed by atoms with Crippen LogP contribution in [0, 0.1) is 0 Å². The van der Waals surface area contributed by atoms with E-state index in [1.54, 1.807) is 0 Å². The van der Waals surface area contributed by atoms with Crippen molar-refractivity contribution in [1.29, 1.82) is 0 Å². The Morgan fingerprint density at radius 1 is 0.173 bits per heavy atom. The minimum Gasteiger partial charge on any atom is -0.228 e. The summed E-state index contributed by atoms with van der Waals surface area (Å²) in [4.78, 5) is 21.7. The molecule has 0 atom stereocenters. The molecule has 0 radical (unpaired) electrons. The molecule has 19 aromatic rings. The third kappa shape index (κ3) is 7.91. The van der Waals surface area contributed by atoms with Gasteiger partial charge in [0.2, 0.25) is 0 Å². The zero-order valence-electron chi connectivity index (χ0n) is 56.3. The van der Waals surface area contributed by atoms with Crippen LogP contribution in [0.2, 0.25) is 0 Å². The fourth-order valence-corrected chi connectivity index (χ4v) is 19.0. The molecule has 0 saturated carbocycles. The van der Waals surface area contributed by atoms with Crippen molar-refractivity contribution >= 4 is 64.9 Å². The smallest absolute Gasteiger partial charge is 0.160 e. The van der Waals surface area contributed by atoms with E-state index in [1.165, 1.54) is 132 Å². The molecule has 4 aliphatic carbocycles. The molecule has 0 aliphatic heterocycles. The summed E-state index contributed by atoms with van der Waals surface area (Å²) in [6, 6.07) is 130. The highest BCUT2D eigenvalue weighted by Gasteiger charge is 2.54. The number of rotatable bonds is 6. The van der Waals surface area contributed by atoms with Gasteiger partial charge in [-0.05, 0) is 215 Å². The summed E-state index contributed by atoms with van der Waals surface area (Å²) in [7, 11) is 0. The first-order valence-electron chi connectivity index (χ1n) is 36.0. The van der Waals surface area contributed by atoms with Gasteiger partial charge in [-0.3, -0.25) is 0 Å². The van der Waals surface area contributed by atoms with Crippen LogP contribution in [0.5, 0.6) is 0 Å². The van der Waals surface area contributed by atoms with Crippen molar-refractivity contribution in [3.8, 4) is 112 Å². The van der Waals surface area contributed by atoms with Crippen molar-refractivity contribution in [3.05, 3.63) is 396 Å². The van der Waals surface area contributed by atoms with Crippen LogP contribution in [0.4, 0.5) is 0 Å². The summed E-state index contributed by atoms with van der Waals surface area (Å²) in [6.07, 6.45) is 0. The van der Waals surface area contributed by atoms with Gasteiger partial charge in [-0.15, -0.1) is 0 Å². The predicted molar refractivity (Wildman–Crippen MR) is 428 cm³/mol. The first-order chi connectivity index (χ1) is 51.5. The average Bonchev–Trinajstić information content (AvgIpc) is 1.51. The van der Waals surface area contributed by atoms with Crippen LogP contribution in [0.25, 0.3) is 177 Å². The van der Waals surface area contributed by atoms with E-state index in [1.807, 2.05) is 0 Å². The molecule has 17 aromatic carbocycles. The first-order valence-corrected chi connectivity index (χ1v) is 36.0. The highest BCUT2D eigenvalue weighted by atomic mass is 14.9. The molecule has 104 heavy (non-hydrogen) atoms. The number of nitrogens with zero attached hydrogens (tertiary/aromatic N) is 4. The zero-order valence-corrected chi connectivity index (χ0v) is 56.3. The van der Waals surface area contributed by atoms with Gasteiger partial charge in [0.05, 0.1) is 33.3 Å². The van der Waals surface area contributed by atoms with E-state index in [2.05, 4.69) is 352 Å². The summed E-state index contributed by atoms with van der Waals surface area (Å²) in [5.74, 6) is 1.39. The van der Waals surface area contributed by atoms with E-state index in [0.717, 1.165) is 77.3 Å². The summed E-state index contributed by atoms with van der Waals surface area (Å²) >= 11 is 0. The minimum atomic E-state index is -0.601. The molecule has 4 nitrogen and oxygen atoms in total. The number of hydrogen-bond acceptors (Lipinski definition) is 4. The molecule has 0 N–H and O–H groups in total. The standard InChI is InChI=1S/C100H58N4/c1-2-19-59(20-3-1)60-37-39-62(40-38-60)95-81-29-10-16-35-91(81)101-97(103-95)69-43-41-66-56-84-80-50-47-67-51-64(46-48-74(67)94(80)100(90(84)58-71(66)53-69)87-33-14-8-27-77(87)78-28-9-15-34-88(78)100)63-22-18-23-68(52-63)96-82-30-11-17-36-92(82)102-98(104-96)70-44-42-65-55-83-79-49-45-61-21-4-5-24-73(61)93(79)99(89(83)57-72(65)54-70)85-31-12-6-25-75(85)76-26-7-13-32-86(76)99/h1-58H. The Morgan fingerprint density at radius 2 is 0.558 bits per heavy atom. The van der Waals surface area contributed by atoms with Gasteiger partial charge in [-0.2, -0.15) is 0 Å². The Balaban J connectivity index is 0.637. The SMILES string of the molecule is c1ccc(-c2ccc(-c3nc(-c4ccc5cc6c(cc5c4)C4(c5ccccc5-c5ccccc54)c4c-6ccc5cc(-c6cccc(-c7nc(-c8ccc9cc%10c(cc9c8)C8(c9ccccc9-c9ccccc98)c8c-%10ccc9ccccc89)nc8ccccc78)c6)ccc45)nc4ccccc34)cc2)cc1. The van der Waals surface area contributed by atoms with E-state index in [9.17, 15) is 0 Å². The van der Waals surface area contributed by atoms with E-state index in [0.29, 0.717) is 11.6 Å². The van der Waals surface area contributed by atoms with Crippen LogP contribution >= 0.6 is 0 Å². The van der Waals surface area contributed by atoms with Gasteiger partial charge in [-0.25, -0.2) is 19.9 Å². The van der Waals surface area contributed by atoms with Gasteiger partial charge in [0.15, 0.2) is 11.6 Å². The minimum absolute atomic E-state index is 0.503. The zero-order chi connectivity index (χ0) is 67.9. The molecule has 478 valence electrons. The largest absolute Gasteiger partial charge is 0.228 e. The Hall–Kier alpha value is -13.5. The Labute approximate surface area is 600 Å². The number of aromatic nitrogens is 4. The topological polar surface area (TPSA) is 51.6 Å². The predicted octanol–water partition coefficient (Wildman–Crippen LogP) is 24.9. The average molecular weight is 1320 g/mol. The van der Waals surface area contributed by atoms with Crippen molar-refractivity contribution in [2.75, 3.05) is 0 Å². The summed E-state index contributed by atoms with van der Waals surface area (Å²) in [5.41, 5.74) is 32.0. The molecule has 0 fully saturated rings. The molecule has 2 heterocycles. The molecule has 2 spiro atoms. The lowest BCUT2D eigenvalue weighted by Gasteiger charge is -2.31. The Kier molecular flexibility index (Phi) is 11.8. The lowest BCUT2D eigenvalue weighted by Crippen LogP contribution is -2.26. The van der Waals surface area contributed by atoms with Gasteiger partial charge in [0.25, 0.3) is 0 Å². The number of fused-ring (bicyclic) bond motifs is 28. The van der Waals surface area contributed by atoms with Gasteiger partial charge in [-0.1, -0.05) is 291 Å². The van der Waals surface area contributed by atoms with E-state index in [-0.39, 0.29) is 0 Å². The summed E-state index contributed by atoms with van der Waals surface area (Å²) < 4.78 is 0. The number of benzene rings is 17. The highest BCUT2D eigenvalue weighted by Crippen LogP contribution is 2.67. The molecule has 0 unspecified atom stereocenters. The molecule has 2 aromatic heterocycles.